The van der Waals surface area contributed by atoms with Gasteiger partial charge in [0.25, 0.3) is 5.69 Å². The number of nitrogens with two attached hydrogens (primary N) is 1. The molecule has 0 heterocycles. The van der Waals surface area contributed by atoms with Gasteiger partial charge in [-0.05, 0) is 18.4 Å². The molecule has 2 atom stereocenters. The molecule has 1 aromatic carbocycles. The standard InChI is InChI=1S/C32H57N5O10/c1-6-7-8-25(4)31(38)35-9-10-36-32(39)27(33)22-34-21-26-19-29(42-5)30(20-28(26)37(40)41)47-18-17-45-14-13-43-11-12-44-15-16-46-23-24(2)3/h19-20,24-25,27,34H,6-18,21-23,33H2,1-5H3,(H,35,38)(H,36,39). The molecule has 0 saturated carbocycles. The number of hydrogen-bond acceptors (Lipinski definition) is 12. The Balaban J connectivity index is 2.36. The molecule has 2 unspecified atom stereocenters. The van der Waals surface area contributed by atoms with Gasteiger partial charge in [0.05, 0.1) is 70.4 Å². The number of carbonyl (C=O) groups is 2. The highest BCUT2D eigenvalue weighted by molar-refractivity contribution is 5.82. The number of nitrogens with zero attached hydrogens (tertiary/aromatic N) is 1. The number of rotatable bonds is 29. The maximum absolute atomic E-state index is 12.3. The van der Waals surface area contributed by atoms with Crippen molar-refractivity contribution in [2.45, 2.75) is 59.5 Å². The maximum atomic E-state index is 12.3. The molecule has 0 fully saturated rings. The summed E-state index contributed by atoms with van der Waals surface area (Å²) >= 11 is 0. The lowest BCUT2D eigenvalue weighted by molar-refractivity contribution is -0.385. The van der Waals surface area contributed by atoms with Gasteiger partial charge in [0.1, 0.15) is 6.61 Å². The fourth-order valence-electron chi connectivity index (χ4n) is 4.14. The maximum Gasteiger partial charge on any atom is 0.277 e. The number of benzene rings is 1. The Morgan fingerprint density at radius 1 is 0.872 bits per heavy atom. The van der Waals surface area contributed by atoms with Crippen LogP contribution in [0.2, 0.25) is 0 Å². The summed E-state index contributed by atoms with van der Waals surface area (Å²) in [5.74, 6) is 0.507. The fraction of sp³-hybridized carbons (Fsp3) is 0.750. The van der Waals surface area contributed by atoms with Crippen molar-refractivity contribution in [3.05, 3.63) is 27.8 Å². The van der Waals surface area contributed by atoms with Gasteiger partial charge in [-0.15, -0.1) is 0 Å². The molecule has 15 heteroatoms. The predicted molar refractivity (Wildman–Crippen MR) is 178 cm³/mol. The molecule has 270 valence electrons. The number of methoxy groups -OCH3 is 1. The molecule has 2 amide bonds. The molecule has 1 aromatic rings. The Labute approximate surface area is 279 Å². The van der Waals surface area contributed by atoms with Crippen LogP contribution in [0.1, 0.15) is 52.5 Å². The lowest BCUT2D eigenvalue weighted by Gasteiger charge is -2.16. The van der Waals surface area contributed by atoms with Gasteiger partial charge in [0.2, 0.25) is 11.8 Å². The first-order valence-corrected chi connectivity index (χ1v) is 16.4. The van der Waals surface area contributed by atoms with Gasteiger partial charge in [-0.2, -0.15) is 0 Å². The summed E-state index contributed by atoms with van der Waals surface area (Å²) in [5.41, 5.74) is 6.15. The molecule has 1 rings (SSSR count). The summed E-state index contributed by atoms with van der Waals surface area (Å²) in [6, 6.07) is 1.93. The lowest BCUT2D eigenvalue weighted by atomic mass is 10.0. The van der Waals surface area contributed by atoms with E-state index in [1.54, 1.807) is 0 Å². The van der Waals surface area contributed by atoms with Crippen molar-refractivity contribution in [1.29, 1.82) is 0 Å². The molecule has 0 aliphatic heterocycles. The first-order chi connectivity index (χ1) is 22.6. The van der Waals surface area contributed by atoms with Crippen LogP contribution in [0.25, 0.3) is 0 Å². The third-order valence-corrected chi connectivity index (χ3v) is 6.79. The number of nitro groups is 1. The monoisotopic (exact) mass is 671 g/mol. The van der Waals surface area contributed by atoms with E-state index in [0.717, 1.165) is 25.9 Å². The Hall–Kier alpha value is -3.08. The molecule has 0 radical (unpaired) electrons. The van der Waals surface area contributed by atoms with Gasteiger partial charge in [-0.3, -0.25) is 19.7 Å². The van der Waals surface area contributed by atoms with Gasteiger partial charge < -0.3 is 50.1 Å². The molecular weight excluding hydrogens is 614 g/mol. The molecule has 15 nitrogen and oxygen atoms in total. The van der Waals surface area contributed by atoms with E-state index in [1.165, 1.54) is 19.2 Å². The van der Waals surface area contributed by atoms with Crippen LogP contribution >= 0.6 is 0 Å². The number of ether oxygens (including phenoxy) is 6. The number of amides is 2. The molecule has 0 aromatic heterocycles. The molecule has 0 aliphatic carbocycles. The highest BCUT2D eigenvalue weighted by Crippen LogP contribution is 2.34. The van der Waals surface area contributed by atoms with Crippen LogP contribution in [0.5, 0.6) is 11.5 Å². The van der Waals surface area contributed by atoms with E-state index in [1.807, 2.05) is 6.92 Å². The zero-order valence-corrected chi connectivity index (χ0v) is 28.8. The average molecular weight is 672 g/mol. The van der Waals surface area contributed by atoms with Crippen molar-refractivity contribution in [3.63, 3.8) is 0 Å². The van der Waals surface area contributed by atoms with Gasteiger partial charge in [-0.25, -0.2) is 0 Å². The van der Waals surface area contributed by atoms with Crippen LogP contribution in [-0.4, -0.2) is 109 Å². The summed E-state index contributed by atoms with van der Waals surface area (Å²) < 4.78 is 32.9. The minimum atomic E-state index is -0.893. The van der Waals surface area contributed by atoms with Crippen molar-refractivity contribution < 1.29 is 42.9 Å². The van der Waals surface area contributed by atoms with Crippen LogP contribution in [0.3, 0.4) is 0 Å². The van der Waals surface area contributed by atoms with Gasteiger partial charge in [0.15, 0.2) is 11.5 Å². The number of unbranched alkanes of at least 4 members (excludes halogenated alkanes) is 1. The van der Waals surface area contributed by atoms with Gasteiger partial charge >= 0.3 is 0 Å². The van der Waals surface area contributed by atoms with Crippen molar-refractivity contribution in [2.75, 3.05) is 86.2 Å². The molecular formula is C32H57N5O10. The first-order valence-electron chi connectivity index (χ1n) is 16.4. The van der Waals surface area contributed by atoms with Crippen molar-refractivity contribution in [3.8, 4) is 11.5 Å². The third kappa shape index (κ3) is 19.4. The second-order valence-electron chi connectivity index (χ2n) is 11.4. The van der Waals surface area contributed by atoms with E-state index in [2.05, 4.69) is 36.7 Å². The molecule has 0 bridgehead atoms. The molecule has 0 spiro atoms. The zero-order chi connectivity index (χ0) is 34.9. The summed E-state index contributed by atoms with van der Waals surface area (Å²) in [6.07, 6.45) is 2.84. The van der Waals surface area contributed by atoms with Crippen molar-refractivity contribution in [2.24, 2.45) is 17.6 Å². The molecule has 5 N–H and O–H groups in total. The second-order valence-corrected chi connectivity index (χ2v) is 11.4. The van der Waals surface area contributed by atoms with Crippen LogP contribution < -0.4 is 31.2 Å². The minimum Gasteiger partial charge on any atom is -0.493 e. The van der Waals surface area contributed by atoms with E-state index in [9.17, 15) is 19.7 Å². The van der Waals surface area contributed by atoms with E-state index in [4.69, 9.17) is 34.2 Å². The highest BCUT2D eigenvalue weighted by atomic mass is 16.6. The second kappa shape index (κ2) is 25.9. The van der Waals surface area contributed by atoms with E-state index >= 15 is 0 Å². The lowest BCUT2D eigenvalue weighted by Crippen LogP contribution is -2.48. The summed E-state index contributed by atoms with van der Waals surface area (Å²) in [7, 11) is 1.44. The Kier molecular flexibility index (Phi) is 23.2. The van der Waals surface area contributed by atoms with Crippen LogP contribution in [0.15, 0.2) is 12.1 Å². The topological polar surface area (TPSA) is 195 Å². The Morgan fingerprint density at radius 3 is 2.00 bits per heavy atom. The van der Waals surface area contributed by atoms with Crippen LogP contribution in [-0.2, 0) is 35.1 Å². The Morgan fingerprint density at radius 2 is 1.45 bits per heavy atom. The minimum absolute atomic E-state index is 0.0433. The largest absolute Gasteiger partial charge is 0.493 e. The first kappa shape index (κ1) is 41.9. The van der Waals surface area contributed by atoms with E-state index in [0.29, 0.717) is 63.4 Å². The third-order valence-electron chi connectivity index (χ3n) is 6.79. The SMILES string of the molecule is CCCCC(C)C(=O)NCCNC(=O)C(N)CNCc1cc(OC)c(OCCOCCOCCOCCOCC(C)C)cc1[N+](=O)[O-]. The van der Waals surface area contributed by atoms with Gasteiger partial charge in [-0.1, -0.05) is 40.5 Å². The predicted octanol–water partition coefficient (Wildman–Crippen LogP) is 2.18. The number of nitrogens with one attached hydrogen (secondary N) is 3. The number of nitro benzene ring substituents is 1. The van der Waals surface area contributed by atoms with Crippen molar-refractivity contribution in [1.82, 2.24) is 16.0 Å². The van der Waals surface area contributed by atoms with Gasteiger partial charge in [0, 0.05) is 44.3 Å². The zero-order valence-electron chi connectivity index (χ0n) is 28.8. The normalized spacial score (nSPS) is 12.5. The quantitative estimate of drug-likeness (QED) is 0.0552. The number of carbonyl (C=O) groups excluding carboxylic acids is 2. The average Bonchev–Trinajstić information content (AvgIpc) is 3.05. The summed E-state index contributed by atoms with van der Waals surface area (Å²) in [5, 5.41) is 20.3. The molecule has 0 saturated heterocycles. The highest BCUT2D eigenvalue weighted by Gasteiger charge is 2.21. The fourth-order valence-corrected chi connectivity index (χ4v) is 4.14. The van der Waals surface area contributed by atoms with Crippen molar-refractivity contribution >= 4 is 17.5 Å². The summed E-state index contributed by atoms with van der Waals surface area (Å²) in [6.45, 7) is 12.7. The van der Waals surface area contributed by atoms with Crippen LogP contribution in [0, 0.1) is 22.0 Å². The Bertz CT molecular complexity index is 1030. The number of hydrogen-bond donors (Lipinski definition) is 4. The van der Waals surface area contributed by atoms with Crippen LogP contribution in [0.4, 0.5) is 5.69 Å². The van der Waals surface area contributed by atoms with E-state index in [-0.39, 0.29) is 56.1 Å². The summed E-state index contributed by atoms with van der Waals surface area (Å²) in [4.78, 5) is 35.7. The smallest absolute Gasteiger partial charge is 0.277 e. The molecule has 47 heavy (non-hydrogen) atoms. The van der Waals surface area contributed by atoms with E-state index < -0.39 is 16.9 Å². The molecule has 0 aliphatic rings.